The fraction of sp³-hybridized carbons (Fsp3) is 0.111. The number of nitro groups is 2. The van der Waals surface area contributed by atoms with Crippen LogP contribution in [-0.2, 0) is 12.4 Å². The minimum absolute atomic E-state index is 0.0141. The Kier molecular flexibility index (Phi) is 9.25. The Hall–Kier alpha value is -5.34. The summed E-state index contributed by atoms with van der Waals surface area (Å²) in [7, 11) is 0. The number of rotatable bonds is 6. The molecule has 0 amide bonds. The van der Waals surface area contributed by atoms with Gasteiger partial charge in [-0.15, -0.1) is 0 Å². The molecule has 0 saturated carbocycles. The van der Waals surface area contributed by atoms with Crippen LogP contribution in [0.2, 0.25) is 0 Å². The first kappa shape index (κ1) is 31.2. The summed E-state index contributed by atoms with van der Waals surface area (Å²) in [4.78, 5) is 19.2. The Morgan fingerprint density at radius 3 is 1.26 bits per heavy atom. The third-order valence-electron chi connectivity index (χ3n) is 5.49. The summed E-state index contributed by atoms with van der Waals surface area (Å²) in [5.41, 5.74) is -2.32. The van der Waals surface area contributed by atoms with Gasteiger partial charge in [-0.1, -0.05) is 17.7 Å². The van der Waals surface area contributed by atoms with Crippen LogP contribution in [0.15, 0.2) is 84.9 Å². The summed E-state index contributed by atoms with van der Waals surface area (Å²) < 4.78 is 77.0. The topological polar surface area (TPSA) is 131 Å². The van der Waals surface area contributed by atoms with Crippen molar-refractivity contribution in [1.82, 2.24) is 0 Å². The highest BCUT2D eigenvalue weighted by molar-refractivity contribution is 5.65. The highest BCUT2D eigenvalue weighted by atomic mass is 19.4. The van der Waals surface area contributed by atoms with E-state index in [4.69, 9.17) is 5.11 Å². The van der Waals surface area contributed by atoms with Crippen molar-refractivity contribution in [3.8, 4) is 5.75 Å². The van der Waals surface area contributed by atoms with Gasteiger partial charge in [0, 0.05) is 34.9 Å². The Labute approximate surface area is 233 Å². The first-order valence-electron chi connectivity index (χ1n) is 11.7. The Morgan fingerprint density at radius 2 is 0.929 bits per heavy atom. The van der Waals surface area contributed by atoms with Gasteiger partial charge in [-0.3, -0.25) is 20.2 Å². The molecule has 0 heterocycles. The number of aryl methyl sites for hydroxylation is 1. The van der Waals surface area contributed by atoms with Crippen LogP contribution in [0.25, 0.3) is 0 Å². The van der Waals surface area contributed by atoms with E-state index in [2.05, 4.69) is 10.6 Å². The van der Waals surface area contributed by atoms with Gasteiger partial charge in [-0.05, 0) is 67.6 Å². The summed E-state index contributed by atoms with van der Waals surface area (Å²) in [6.07, 6.45) is -9.61. The van der Waals surface area contributed by atoms with E-state index >= 15 is 0 Å². The summed E-state index contributed by atoms with van der Waals surface area (Å²) in [6, 6.07) is 18.1. The number of hydrogen-bond acceptors (Lipinski definition) is 7. The maximum Gasteiger partial charge on any atom is 0.423 e. The molecule has 0 aliphatic carbocycles. The van der Waals surface area contributed by atoms with Crippen molar-refractivity contribution >= 4 is 34.1 Å². The van der Waals surface area contributed by atoms with Gasteiger partial charge in [0.15, 0.2) is 0 Å². The van der Waals surface area contributed by atoms with Crippen LogP contribution >= 0.6 is 0 Å². The second kappa shape index (κ2) is 12.4. The number of phenolic OH excluding ortho intramolecular Hbond substituents is 1. The first-order chi connectivity index (χ1) is 19.5. The van der Waals surface area contributed by atoms with Gasteiger partial charge in [0.1, 0.15) is 16.9 Å². The molecule has 15 heteroatoms. The summed E-state index contributed by atoms with van der Waals surface area (Å²) >= 11 is 0. The number of alkyl halides is 6. The van der Waals surface area contributed by atoms with Gasteiger partial charge in [0.25, 0.3) is 11.4 Å². The molecule has 0 aromatic heterocycles. The Bertz CT molecular complexity index is 1460. The smallest absolute Gasteiger partial charge is 0.423 e. The molecule has 42 heavy (non-hydrogen) atoms. The van der Waals surface area contributed by atoms with Crippen molar-refractivity contribution in [1.29, 1.82) is 0 Å². The highest BCUT2D eigenvalue weighted by Gasteiger charge is 2.39. The lowest BCUT2D eigenvalue weighted by Gasteiger charge is -2.11. The molecule has 0 saturated heterocycles. The molecule has 9 nitrogen and oxygen atoms in total. The molecule has 4 rings (SSSR count). The fourth-order valence-electron chi connectivity index (χ4n) is 3.52. The summed E-state index contributed by atoms with van der Waals surface area (Å²) in [5.74, 6) is 0.0141. The van der Waals surface area contributed by atoms with Crippen LogP contribution in [0.4, 0.5) is 60.5 Å². The van der Waals surface area contributed by atoms with Gasteiger partial charge >= 0.3 is 12.4 Å². The number of nitrogens with one attached hydrogen (secondary N) is 2. The molecule has 0 aliphatic rings. The van der Waals surface area contributed by atoms with Crippen LogP contribution in [0.1, 0.15) is 16.7 Å². The van der Waals surface area contributed by atoms with Crippen molar-refractivity contribution in [2.45, 2.75) is 19.3 Å². The van der Waals surface area contributed by atoms with Gasteiger partial charge in [0.2, 0.25) is 0 Å². The molecular formula is C27H20F6N4O5. The normalized spacial score (nSPS) is 11.2. The van der Waals surface area contributed by atoms with E-state index in [1.54, 1.807) is 24.3 Å². The second-order valence-electron chi connectivity index (χ2n) is 8.64. The van der Waals surface area contributed by atoms with Crippen molar-refractivity contribution in [2.75, 3.05) is 10.6 Å². The van der Waals surface area contributed by atoms with Crippen molar-refractivity contribution < 1.29 is 41.3 Å². The van der Waals surface area contributed by atoms with Crippen LogP contribution < -0.4 is 10.6 Å². The van der Waals surface area contributed by atoms with Crippen molar-refractivity contribution in [3.05, 3.63) is 122 Å². The number of hydrogen-bond donors (Lipinski definition) is 3. The minimum atomic E-state index is -4.82. The van der Waals surface area contributed by atoms with Crippen molar-refractivity contribution in [3.63, 3.8) is 0 Å². The van der Waals surface area contributed by atoms with Crippen LogP contribution in [0, 0.1) is 27.2 Å². The number of benzene rings is 4. The molecule has 220 valence electrons. The molecule has 4 aromatic rings. The average molecular weight is 594 g/mol. The van der Waals surface area contributed by atoms with E-state index < -0.39 is 44.7 Å². The Balaban J connectivity index is 0.000000230. The van der Waals surface area contributed by atoms with Gasteiger partial charge in [-0.25, -0.2) is 0 Å². The molecule has 0 unspecified atom stereocenters. The largest absolute Gasteiger partial charge is 0.508 e. The molecule has 0 bridgehead atoms. The SMILES string of the molecule is Cc1ccc(Nc2ccc([N+](=O)[O-])c(C(F)(F)F)c2)cc1.O=[N+]([O-])c1ccc(Nc2ccc(O)cc2)cc1C(F)(F)F. The quantitative estimate of drug-likeness (QED) is 0.0881. The van der Waals surface area contributed by atoms with Crippen molar-refractivity contribution in [2.24, 2.45) is 0 Å². The monoisotopic (exact) mass is 594 g/mol. The molecule has 0 radical (unpaired) electrons. The van der Waals surface area contributed by atoms with E-state index in [9.17, 15) is 46.6 Å². The lowest BCUT2D eigenvalue weighted by atomic mass is 10.1. The summed E-state index contributed by atoms with van der Waals surface area (Å²) in [5, 5.41) is 35.9. The molecule has 0 fully saturated rings. The fourth-order valence-corrected chi connectivity index (χ4v) is 3.52. The Morgan fingerprint density at radius 1 is 0.595 bits per heavy atom. The maximum absolute atomic E-state index is 12.8. The lowest BCUT2D eigenvalue weighted by Crippen LogP contribution is -2.09. The van der Waals surface area contributed by atoms with Gasteiger partial charge in [0.05, 0.1) is 9.85 Å². The predicted molar refractivity (Wildman–Crippen MR) is 142 cm³/mol. The number of nitrogens with zero attached hydrogens (tertiary/aromatic N) is 2. The first-order valence-corrected chi connectivity index (χ1v) is 11.7. The van der Waals surface area contributed by atoms with E-state index in [1.165, 1.54) is 36.4 Å². The predicted octanol–water partition coefficient (Wildman–Crippen LogP) is 8.73. The second-order valence-corrected chi connectivity index (χ2v) is 8.64. The van der Waals surface area contributed by atoms with Crippen LogP contribution in [0.3, 0.4) is 0 Å². The van der Waals surface area contributed by atoms with E-state index in [0.717, 1.165) is 23.8 Å². The zero-order valence-electron chi connectivity index (χ0n) is 21.3. The maximum atomic E-state index is 12.8. The number of phenols is 1. The van der Waals surface area contributed by atoms with Crippen LogP contribution in [0.5, 0.6) is 5.75 Å². The molecule has 3 N–H and O–H groups in total. The number of halogens is 6. The molecule has 0 atom stereocenters. The van der Waals surface area contributed by atoms with Gasteiger partial charge < -0.3 is 15.7 Å². The highest BCUT2D eigenvalue weighted by Crippen LogP contribution is 2.39. The average Bonchev–Trinajstić information content (AvgIpc) is 2.90. The van der Waals surface area contributed by atoms with E-state index in [0.29, 0.717) is 17.4 Å². The number of aromatic hydroxyl groups is 1. The molecular weight excluding hydrogens is 574 g/mol. The third-order valence-corrected chi connectivity index (χ3v) is 5.49. The number of anilines is 4. The summed E-state index contributed by atoms with van der Waals surface area (Å²) in [6.45, 7) is 1.89. The van der Waals surface area contributed by atoms with Gasteiger partial charge in [-0.2, -0.15) is 26.3 Å². The minimum Gasteiger partial charge on any atom is -0.508 e. The number of nitro benzene ring substituents is 2. The molecule has 0 spiro atoms. The third kappa shape index (κ3) is 8.33. The zero-order valence-corrected chi connectivity index (χ0v) is 21.3. The molecule has 4 aromatic carbocycles. The van der Waals surface area contributed by atoms with E-state index in [-0.39, 0.29) is 17.1 Å². The standard InChI is InChI=1S/C14H11F3N2O2.C13H9F3N2O3/c1-9-2-4-10(5-3-9)18-11-6-7-13(19(20)21)12(8-11)14(15,16)17;14-13(15,16)11-7-9(3-6-12(11)18(20)21)17-8-1-4-10(19)5-2-8/h2-8,18H,1H3;1-7,17,19H. The van der Waals surface area contributed by atoms with Crippen LogP contribution in [-0.4, -0.2) is 15.0 Å². The lowest BCUT2D eigenvalue weighted by molar-refractivity contribution is -0.388. The molecule has 0 aliphatic heterocycles. The zero-order chi connectivity index (χ0) is 31.2. The van der Waals surface area contributed by atoms with E-state index in [1.807, 2.05) is 6.92 Å².